The van der Waals surface area contributed by atoms with Crippen LogP contribution in [-0.4, -0.2) is 35.7 Å². The van der Waals surface area contributed by atoms with E-state index in [9.17, 15) is 13.7 Å². The molecule has 1 aromatic carbocycles. The summed E-state index contributed by atoms with van der Waals surface area (Å²) in [6.45, 7) is 1.98. The number of benzene rings is 1. The highest BCUT2D eigenvalue weighted by Gasteiger charge is 2.21. The van der Waals surface area contributed by atoms with Gasteiger partial charge in [0.15, 0.2) is 15.7 Å². The van der Waals surface area contributed by atoms with Gasteiger partial charge in [-0.15, -0.1) is 11.8 Å². The van der Waals surface area contributed by atoms with Gasteiger partial charge in [0.1, 0.15) is 16.7 Å². The Labute approximate surface area is 156 Å². The minimum absolute atomic E-state index is 0.135. The van der Waals surface area contributed by atoms with Gasteiger partial charge in [0, 0.05) is 18.0 Å². The summed E-state index contributed by atoms with van der Waals surface area (Å²) in [4.78, 5) is 4.38. The summed E-state index contributed by atoms with van der Waals surface area (Å²) >= 11 is 1.38. The van der Waals surface area contributed by atoms with Crippen LogP contribution >= 0.6 is 11.8 Å². The lowest BCUT2D eigenvalue weighted by molar-refractivity contribution is 0.601. The molecule has 8 heteroatoms. The maximum atomic E-state index is 11.6. The van der Waals surface area contributed by atoms with Gasteiger partial charge in [-0.25, -0.2) is 18.1 Å². The summed E-state index contributed by atoms with van der Waals surface area (Å²) in [6.07, 6.45) is 4.29. The SMILES string of the molecule is CSc1nn(-c2ccc(S(C)(=O)=O)cn2)c(-c2cccc(C)c2)c1C#N. The van der Waals surface area contributed by atoms with E-state index in [-0.39, 0.29) is 4.90 Å². The van der Waals surface area contributed by atoms with Gasteiger partial charge in [-0.2, -0.15) is 10.4 Å². The maximum Gasteiger partial charge on any atom is 0.177 e. The number of nitrogens with zero attached hydrogens (tertiary/aromatic N) is 4. The molecular formula is C18H16N4O2S2. The molecule has 0 spiro atoms. The molecule has 0 unspecified atom stereocenters. The average molecular weight is 384 g/mol. The molecule has 0 aliphatic carbocycles. The van der Waals surface area contributed by atoms with Gasteiger partial charge in [-0.1, -0.05) is 23.8 Å². The summed E-state index contributed by atoms with van der Waals surface area (Å²) in [5.74, 6) is 0.450. The van der Waals surface area contributed by atoms with Crippen molar-refractivity contribution >= 4 is 21.6 Å². The van der Waals surface area contributed by atoms with Crippen molar-refractivity contribution in [1.82, 2.24) is 14.8 Å². The Balaban J connectivity index is 2.25. The van der Waals surface area contributed by atoms with Crippen LogP contribution in [0.1, 0.15) is 11.1 Å². The fourth-order valence-corrected chi connectivity index (χ4v) is 3.65. The van der Waals surface area contributed by atoms with Crippen LogP contribution in [0.15, 0.2) is 52.5 Å². The second-order valence-corrected chi connectivity index (χ2v) is 8.56. The lowest BCUT2D eigenvalue weighted by Gasteiger charge is -2.08. The van der Waals surface area contributed by atoms with Gasteiger partial charge in [0.2, 0.25) is 0 Å². The second kappa shape index (κ2) is 6.94. The number of hydrogen-bond donors (Lipinski definition) is 0. The molecule has 0 saturated carbocycles. The quantitative estimate of drug-likeness (QED) is 0.642. The molecule has 0 N–H and O–H groups in total. The third-order valence-electron chi connectivity index (χ3n) is 3.82. The van der Waals surface area contributed by atoms with E-state index >= 15 is 0 Å². The van der Waals surface area contributed by atoms with Gasteiger partial charge in [0.25, 0.3) is 0 Å². The highest BCUT2D eigenvalue weighted by Crippen LogP contribution is 2.32. The zero-order valence-electron chi connectivity index (χ0n) is 14.5. The fraction of sp³-hybridized carbons (Fsp3) is 0.167. The van der Waals surface area contributed by atoms with E-state index in [4.69, 9.17) is 0 Å². The molecule has 0 bridgehead atoms. The number of sulfone groups is 1. The minimum Gasteiger partial charge on any atom is -0.236 e. The van der Waals surface area contributed by atoms with Crippen LogP contribution in [0.4, 0.5) is 0 Å². The Bertz CT molecular complexity index is 1110. The van der Waals surface area contributed by atoms with Gasteiger partial charge in [0.05, 0.1) is 10.6 Å². The van der Waals surface area contributed by atoms with Crippen LogP contribution in [0.5, 0.6) is 0 Å². The largest absolute Gasteiger partial charge is 0.236 e. The van der Waals surface area contributed by atoms with Crippen molar-refractivity contribution in [2.45, 2.75) is 16.8 Å². The van der Waals surface area contributed by atoms with E-state index in [1.54, 1.807) is 10.7 Å². The molecule has 6 nitrogen and oxygen atoms in total. The number of aryl methyl sites for hydroxylation is 1. The number of pyridine rings is 1. The average Bonchev–Trinajstić information content (AvgIpc) is 2.99. The molecule has 0 radical (unpaired) electrons. The Morgan fingerprint density at radius 3 is 2.54 bits per heavy atom. The Morgan fingerprint density at radius 2 is 2.00 bits per heavy atom. The fourth-order valence-electron chi connectivity index (χ4n) is 2.58. The predicted molar refractivity (Wildman–Crippen MR) is 101 cm³/mol. The van der Waals surface area contributed by atoms with Gasteiger partial charge in [-0.3, -0.25) is 0 Å². The molecule has 0 amide bonds. The van der Waals surface area contributed by atoms with E-state index in [1.165, 1.54) is 24.0 Å². The van der Waals surface area contributed by atoms with Gasteiger partial charge in [-0.05, 0) is 31.4 Å². The van der Waals surface area contributed by atoms with E-state index in [2.05, 4.69) is 16.2 Å². The molecule has 26 heavy (non-hydrogen) atoms. The van der Waals surface area contributed by atoms with E-state index in [1.807, 2.05) is 37.4 Å². The lowest BCUT2D eigenvalue weighted by Crippen LogP contribution is -2.04. The van der Waals surface area contributed by atoms with Crippen molar-refractivity contribution in [3.8, 4) is 23.1 Å². The van der Waals surface area contributed by atoms with Crippen molar-refractivity contribution in [3.63, 3.8) is 0 Å². The Hall–Kier alpha value is -2.63. The molecule has 3 aromatic rings. The minimum atomic E-state index is -3.33. The maximum absolute atomic E-state index is 11.6. The summed E-state index contributed by atoms with van der Waals surface area (Å²) in [5, 5.41) is 14.8. The number of rotatable bonds is 4. The zero-order valence-corrected chi connectivity index (χ0v) is 16.1. The third-order valence-corrected chi connectivity index (χ3v) is 5.59. The second-order valence-electron chi connectivity index (χ2n) is 5.75. The lowest BCUT2D eigenvalue weighted by atomic mass is 10.1. The molecule has 0 aliphatic rings. The zero-order chi connectivity index (χ0) is 18.9. The van der Waals surface area contributed by atoms with Crippen LogP contribution in [0.3, 0.4) is 0 Å². The van der Waals surface area contributed by atoms with Crippen LogP contribution < -0.4 is 0 Å². The highest BCUT2D eigenvalue weighted by molar-refractivity contribution is 7.98. The summed E-state index contributed by atoms with van der Waals surface area (Å²) in [6, 6.07) is 13.1. The molecule has 0 atom stereocenters. The van der Waals surface area contributed by atoms with Crippen molar-refractivity contribution in [3.05, 3.63) is 53.7 Å². The van der Waals surface area contributed by atoms with E-state index < -0.39 is 9.84 Å². The number of thioether (sulfide) groups is 1. The number of nitriles is 1. The molecule has 0 fully saturated rings. The first-order valence-corrected chi connectivity index (χ1v) is 10.8. The standard InChI is InChI=1S/C18H16N4O2S2/c1-12-5-4-6-13(9-12)17-15(10-19)18(25-2)21-22(17)16-8-7-14(11-20-16)26(3,23)24/h4-9,11H,1-3H3. The van der Waals surface area contributed by atoms with Gasteiger partial charge < -0.3 is 0 Å². The van der Waals surface area contributed by atoms with Gasteiger partial charge >= 0.3 is 0 Å². The Kier molecular flexibility index (Phi) is 4.85. The van der Waals surface area contributed by atoms with E-state index in [0.29, 0.717) is 22.1 Å². The summed E-state index contributed by atoms with van der Waals surface area (Å²) in [5.41, 5.74) is 3.02. The first kappa shape index (κ1) is 18.2. The first-order chi connectivity index (χ1) is 12.3. The van der Waals surface area contributed by atoms with E-state index in [0.717, 1.165) is 17.4 Å². The molecule has 0 saturated heterocycles. The number of aromatic nitrogens is 3. The molecule has 3 rings (SSSR count). The topological polar surface area (TPSA) is 88.6 Å². The van der Waals surface area contributed by atoms with Crippen LogP contribution in [0.2, 0.25) is 0 Å². The van der Waals surface area contributed by atoms with Crippen molar-refractivity contribution in [2.24, 2.45) is 0 Å². The summed E-state index contributed by atoms with van der Waals surface area (Å²) in [7, 11) is -3.33. The Morgan fingerprint density at radius 1 is 1.23 bits per heavy atom. The van der Waals surface area contributed by atoms with Crippen molar-refractivity contribution in [2.75, 3.05) is 12.5 Å². The van der Waals surface area contributed by atoms with Crippen LogP contribution in [0, 0.1) is 18.3 Å². The number of hydrogen-bond acceptors (Lipinski definition) is 6. The molecule has 132 valence electrons. The van der Waals surface area contributed by atoms with Crippen LogP contribution in [0.25, 0.3) is 17.1 Å². The molecule has 2 heterocycles. The molecular weight excluding hydrogens is 368 g/mol. The van der Waals surface area contributed by atoms with Crippen LogP contribution in [-0.2, 0) is 9.84 Å². The molecule has 0 aliphatic heterocycles. The van der Waals surface area contributed by atoms with Crippen molar-refractivity contribution < 1.29 is 8.42 Å². The monoisotopic (exact) mass is 384 g/mol. The molecule has 2 aromatic heterocycles. The first-order valence-electron chi connectivity index (χ1n) is 7.66. The normalized spacial score (nSPS) is 11.3. The van der Waals surface area contributed by atoms with Crippen molar-refractivity contribution in [1.29, 1.82) is 5.26 Å². The predicted octanol–water partition coefficient (Wildman–Crippen LogP) is 3.24. The smallest absolute Gasteiger partial charge is 0.177 e. The third kappa shape index (κ3) is 3.36. The summed E-state index contributed by atoms with van der Waals surface area (Å²) < 4.78 is 24.9. The highest BCUT2D eigenvalue weighted by atomic mass is 32.2.